The number of aromatic carboxylic acids is 1. The zero-order valence-electron chi connectivity index (χ0n) is 8.35. The maximum Gasteiger partial charge on any atom is 0.340 e. The number of carboxylic acid groups (broad SMARTS) is 1. The Balaban J connectivity index is 2.98. The first kappa shape index (κ1) is 11.8. The van der Waals surface area contributed by atoms with Gasteiger partial charge >= 0.3 is 5.97 Å². The van der Waals surface area contributed by atoms with Gasteiger partial charge in [0.05, 0.1) is 0 Å². The summed E-state index contributed by atoms with van der Waals surface area (Å²) in [4.78, 5) is 11.2. The molecular weight excluding hydrogens is 339 g/mol. The van der Waals surface area contributed by atoms with Crippen molar-refractivity contribution in [1.82, 2.24) is 0 Å². The molecule has 0 aliphatic rings. The minimum absolute atomic E-state index is 0.0969. The van der Waals surface area contributed by atoms with E-state index in [-0.39, 0.29) is 28.2 Å². The van der Waals surface area contributed by atoms with Crippen molar-refractivity contribution in [2.24, 2.45) is 0 Å². The van der Waals surface area contributed by atoms with E-state index in [4.69, 9.17) is 8.17 Å². The highest BCUT2D eigenvalue weighted by atomic mass is 127. The number of aromatic hydroxyl groups is 2. The third-order valence-electron chi connectivity index (χ3n) is 2.38. The molecule has 0 unspecified atom stereocenters. The fourth-order valence-corrected chi connectivity index (χ4v) is 2.11. The normalized spacial score (nSPS) is 10.4. The molecule has 0 amide bonds. The Bertz CT molecular complexity index is 608. The average molecular weight is 346 g/mol. The van der Waals surface area contributed by atoms with Gasteiger partial charge in [0.15, 0.2) is 34.5 Å². The predicted molar refractivity (Wildman–Crippen MR) is 68.9 cm³/mol. The molecule has 0 aliphatic carbocycles. The summed E-state index contributed by atoms with van der Waals surface area (Å²) in [5.74, 6) is -1.79. The van der Waals surface area contributed by atoms with E-state index in [1.54, 1.807) is 0 Å². The Hall–Kier alpha value is -1.70. The van der Waals surface area contributed by atoms with Crippen molar-refractivity contribution < 1.29 is 23.2 Å². The molecule has 0 bridgehead atoms. The molecule has 5 nitrogen and oxygen atoms in total. The lowest BCUT2D eigenvalue weighted by molar-refractivity contribution is 0.0697. The first-order valence-corrected chi connectivity index (χ1v) is 5.44. The topological polar surface area (TPSA) is 87.0 Å². The molecule has 88 valence electrons. The first-order chi connectivity index (χ1) is 8.06. The molecule has 0 heterocycles. The van der Waals surface area contributed by atoms with Crippen molar-refractivity contribution >= 4 is 39.7 Å². The van der Waals surface area contributed by atoms with Crippen molar-refractivity contribution in [1.29, 1.82) is 0 Å². The van der Waals surface area contributed by atoms with Crippen molar-refractivity contribution in [2.75, 3.05) is 0 Å². The fourth-order valence-electron chi connectivity index (χ4n) is 1.67. The second-order valence-corrected chi connectivity index (χ2v) is 3.79. The number of rotatable bonds is 2. The van der Waals surface area contributed by atoms with Crippen LogP contribution in [0.1, 0.15) is 10.4 Å². The second-order valence-electron chi connectivity index (χ2n) is 3.35. The predicted octanol–water partition coefficient (Wildman–Crippen LogP) is 2.68. The lowest BCUT2D eigenvalue weighted by atomic mass is 10.0. The lowest BCUT2D eigenvalue weighted by Gasteiger charge is -2.10. The van der Waals surface area contributed by atoms with Crippen LogP contribution in [0.3, 0.4) is 0 Å². The summed E-state index contributed by atoms with van der Waals surface area (Å²) in [6, 6.07) is 5.75. The van der Waals surface area contributed by atoms with Crippen LogP contribution in [-0.2, 0) is 0 Å². The third kappa shape index (κ3) is 1.84. The second kappa shape index (κ2) is 4.28. The molecule has 2 aromatic rings. The summed E-state index contributed by atoms with van der Waals surface area (Å²) >= 11 is 1.49. The van der Waals surface area contributed by atoms with Crippen LogP contribution < -0.4 is 3.07 Å². The molecule has 6 heteroatoms. The van der Waals surface area contributed by atoms with Gasteiger partial charge < -0.3 is 18.4 Å². The van der Waals surface area contributed by atoms with E-state index in [9.17, 15) is 15.0 Å². The molecule has 17 heavy (non-hydrogen) atoms. The smallest absolute Gasteiger partial charge is 0.340 e. The van der Waals surface area contributed by atoms with Crippen molar-refractivity contribution in [3.8, 4) is 17.2 Å². The van der Waals surface area contributed by atoms with Gasteiger partial charge in [0.25, 0.3) is 0 Å². The van der Waals surface area contributed by atoms with Gasteiger partial charge in [0.2, 0.25) is 0 Å². The van der Waals surface area contributed by atoms with Gasteiger partial charge in [-0.05, 0) is 12.1 Å². The van der Waals surface area contributed by atoms with E-state index in [1.807, 2.05) is 0 Å². The highest BCUT2D eigenvalue weighted by molar-refractivity contribution is 14.1. The molecule has 0 saturated carbocycles. The Morgan fingerprint density at radius 3 is 2.47 bits per heavy atom. The third-order valence-corrected chi connectivity index (χ3v) is 2.82. The van der Waals surface area contributed by atoms with E-state index in [1.165, 1.54) is 47.3 Å². The number of benzene rings is 2. The summed E-state index contributed by atoms with van der Waals surface area (Å²) in [6.07, 6.45) is 0. The van der Waals surface area contributed by atoms with E-state index < -0.39 is 5.97 Å². The lowest BCUT2D eigenvalue weighted by Crippen LogP contribution is -2.00. The van der Waals surface area contributed by atoms with Crippen LogP contribution in [0.5, 0.6) is 17.2 Å². The molecule has 0 aliphatic heterocycles. The zero-order chi connectivity index (χ0) is 12.6. The maximum absolute atomic E-state index is 11.2. The van der Waals surface area contributed by atoms with E-state index in [0.717, 1.165) is 0 Å². The first-order valence-electron chi connectivity index (χ1n) is 4.55. The van der Waals surface area contributed by atoms with Crippen LogP contribution in [0.15, 0.2) is 24.3 Å². The van der Waals surface area contributed by atoms with Gasteiger partial charge in [0, 0.05) is 10.8 Å². The number of carboxylic acids is 1. The number of phenols is 2. The van der Waals surface area contributed by atoms with E-state index in [0.29, 0.717) is 5.39 Å². The van der Waals surface area contributed by atoms with Gasteiger partial charge in [-0.3, -0.25) is 0 Å². The van der Waals surface area contributed by atoms with Crippen LogP contribution in [0.2, 0.25) is 0 Å². The molecule has 0 radical (unpaired) electrons. The molecule has 2 aromatic carbocycles. The van der Waals surface area contributed by atoms with Crippen molar-refractivity contribution in [2.45, 2.75) is 0 Å². The fraction of sp³-hybridized carbons (Fsp3) is 0. The quantitative estimate of drug-likeness (QED) is 0.728. The van der Waals surface area contributed by atoms with E-state index in [2.05, 4.69) is 0 Å². The van der Waals surface area contributed by atoms with Gasteiger partial charge in [-0.2, -0.15) is 0 Å². The summed E-state index contributed by atoms with van der Waals surface area (Å²) in [5, 5.41) is 29.0. The van der Waals surface area contributed by atoms with E-state index >= 15 is 0 Å². The van der Waals surface area contributed by atoms with Crippen molar-refractivity contribution in [3.63, 3.8) is 0 Å². The molecule has 0 fully saturated rings. The van der Waals surface area contributed by atoms with Crippen LogP contribution >= 0.6 is 23.0 Å². The molecular formula is C11H7IO5. The monoisotopic (exact) mass is 346 g/mol. The maximum atomic E-state index is 11.2. The number of fused-ring (bicyclic) bond motifs is 1. The van der Waals surface area contributed by atoms with Crippen LogP contribution in [0, 0.1) is 0 Å². The standard InChI is InChI=1S/C11H7IO5/c12-17-10-8(14)4-6-5(9(10)11(15)16)2-1-3-7(6)13/h1-4,13-14H,(H,15,16). The Labute approximate surface area is 110 Å². The Morgan fingerprint density at radius 1 is 1.18 bits per heavy atom. The van der Waals surface area contributed by atoms with Crippen LogP contribution in [-0.4, -0.2) is 21.3 Å². The molecule has 3 N–H and O–H groups in total. The van der Waals surface area contributed by atoms with Crippen LogP contribution in [0.4, 0.5) is 0 Å². The Morgan fingerprint density at radius 2 is 1.88 bits per heavy atom. The number of hydrogen-bond acceptors (Lipinski definition) is 4. The molecule has 2 rings (SSSR count). The highest BCUT2D eigenvalue weighted by Crippen LogP contribution is 2.40. The summed E-state index contributed by atoms with van der Waals surface area (Å²) in [6.45, 7) is 0. The summed E-state index contributed by atoms with van der Waals surface area (Å²) in [5.41, 5.74) is -0.176. The molecule has 0 spiro atoms. The van der Waals surface area contributed by atoms with Gasteiger partial charge in [0.1, 0.15) is 11.3 Å². The number of phenolic OH excluding ortho intramolecular Hbond substituents is 2. The van der Waals surface area contributed by atoms with Gasteiger partial charge in [-0.15, -0.1) is 0 Å². The molecule has 0 aromatic heterocycles. The summed E-state index contributed by atoms with van der Waals surface area (Å²) in [7, 11) is 0. The largest absolute Gasteiger partial charge is 0.507 e. The Kier molecular flexibility index (Phi) is 2.97. The highest BCUT2D eigenvalue weighted by Gasteiger charge is 2.21. The van der Waals surface area contributed by atoms with Crippen LogP contribution in [0.25, 0.3) is 10.8 Å². The number of hydrogen-bond donors (Lipinski definition) is 3. The average Bonchev–Trinajstić information content (AvgIpc) is 2.28. The SMILES string of the molecule is O=C(O)c1c(OI)c(O)cc2c(O)cccc12. The summed E-state index contributed by atoms with van der Waals surface area (Å²) < 4.78 is 4.84. The van der Waals surface area contributed by atoms with Gasteiger partial charge in [-0.25, -0.2) is 4.79 Å². The minimum atomic E-state index is -1.23. The number of halogens is 1. The number of carbonyl (C=O) groups is 1. The zero-order valence-corrected chi connectivity index (χ0v) is 10.5. The molecule has 0 saturated heterocycles. The van der Waals surface area contributed by atoms with Crippen molar-refractivity contribution in [3.05, 3.63) is 29.8 Å². The van der Waals surface area contributed by atoms with Gasteiger partial charge in [-0.1, -0.05) is 12.1 Å². The molecule has 0 atom stereocenters. The minimum Gasteiger partial charge on any atom is -0.507 e.